The molecule has 1 aliphatic rings. The number of carbonyl (C=O) groups is 1. The van der Waals surface area contributed by atoms with Gasteiger partial charge in [-0.3, -0.25) is 4.79 Å². The first-order valence-electron chi connectivity index (χ1n) is 6.49. The maximum absolute atomic E-state index is 12.5. The molecule has 1 amide bonds. The molecule has 0 spiro atoms. The van der Waals surface area contributed by atoms with E-state index >= 15 is 0 Å². The minimum atomic E-state index is -3.82. The number of sulfonamides is 1. The van der Waals surface area contributed by atoms with Gasteiger partial charge in [-0.25, -0.2) is 8.42 Å². The molecule has 0 unspecified atom stereocenters. The van der Waals surface area contributed by atoms with Gasteiger partial charge in [-0.2, -0.15) is 4.31 Å². The van der Waals surface area contributed by atoms with Crippen molar-refractivity contribution in [2.45, 2.75) is 36.6 Å². The van der Waals surface area contributed by atoms with E-state index in [2.05, 4.69) is 0 Å². The summed E-state index contributed by atoms with van der Waals surface area (Å²) < 4.78 is 26.2. The molecule has 0 aliphatic heterocycles. The summed E-state index contributed by atoms with van der Waals surface area (Å²) in [5.41, 5.74) is 5.29. The highest BCUT2D eigenvalue weighted by Gasteiger charge is 2.32. The van der Waals surface area contributed by atoms with Crippen LogP contribution >= 0.6 is 0 Å². The number of primary amides is 1. The van der Waals surface area contributed by atoms with E-state index in [1.54, 1.807) is 0 Å². The molecule has 6 nitrogen and oxygen atoms in total. The van der Waals surface area contributed by atoms with Gasteiger partial charge in [0.25, 0.3) is 0 Å². The summed E-state index contributed by atoms with van der Waals surface area (Å²) in [5.74, 6) is -0.682. The topological polar surface area (TPSA) is 101 Å². The van der Waals surface area contributed by atoms with Gasteiger partial charge < -0.3 is 10.8 Å². The monoisotopic (exact) mass is 298 g/mol. The lowest BCUT2D eigenvalue weighted by atomic mass is 10.2. The van der Waals surface area contributed by atoms with Gasteiger partial charge in [0.15, 0.2) is 0 Å². The van der Waals surface area contributed by atoms with Crippen LogP contribution in [0.15, 0.2) is 29.2 Å². The molecule has 2 rings (SSSR count). The van der Waals surface area contributed by atoms with Gasteiger partial charge in [-0.05, 0) is 31.0 Å². The standard InChI is InChI=1S/C13H18N2O4S/c14-13(17)10-4-3-7-12(8-10)20(18,19)15(9-16)11-5-1-2-6-11/h3-4,7-8,11,16H,1-2,5-6,9H2,(H2,14,17). The van der Waals surface area contributed by atoms with Crippen LogP contribution in [0.1, 0.15) is 36.0 Å². The van der Waals surface area contributed by atoms with Crippen LogP contribution < -0.4 is 5.73 Å². The molecule has 0 bridgehead atoms. The molecule has 7 heteroatoms. The number of carbonyl (C=O) groups excluding carboxylic acids is 1. The van der Waals surface area contributed by atoms with E-state index in [9.17, 15) is 18.3 Å². The van der Waals surface area contributed by atoms with E-state index < -0.39 is 22.7 Å². The van der Waals surface area contributed by atoms with Crippen molar-refractivity contribution in [2.75, 3.05) is 6.73 Å². The van der Waals surface area contributed by atoms with Crippen molar-refractivity contribution in [1.82, 2.24) is 4.31 Å². The lowest BCUT2D eigenvalue weighted by Crippen LogP contribution is -2.39. The summed E-state index contributed by atoms with van der Waals surface area (Å²) in [5, 5.41) is 9.42. The third-order valence-electron chi connectivity index (χ3n) is 3.60. The van der Waals surface area contributed by atoms with Crippen LogP contribution in [0.2, 0.25) is 0 Å². The maximum atomic E-state index is 12.5. The summed E-state index contributed by atoms with van der Waals surface area (Å²) in [4.78, 5) is 11.1. The molecular weight excluding hydrogens is 280 g/mol. The van der Waals surface area contributed by atoms with Crippen LogP contribution in [-0.4, -0.2) is 36.5 Å². The molecule has 110 valence electrons. The zero-order valence-corrected chi connectivity index (χ0v) is 11.8. The van der Waals surface area contributed by atoms with Crippen molar-refractivity contribution in [2.24, 2.45) is 5.73 Å². The molecule has 0 atom stereocenters. The second-order valence-electron chi connectivity index (χ2n) is 4.86. The average molecular weight is 298 g/mol. The Hall–Kier alpha value is -1.44. The number of aliphatic hydroxyl groups excluding tert-OH is 1. The SMILES string of the molecule is NC(=O)c1cccc(S(=O)(=O)N(CO)C2CCCC2)c1. The summed E-state index contributed by atoms with van der Waals surface area (Å²) in [6, 6.07) is 5.40. The minimum absolute atomic E-state index is 0.0188. The molecule has 0 heterocycles. The number of nitrogens with zero attached hydrogens (tertiary/aromatic N) is 1. The average Bonchev–Trinajstić information content (AvgIpc) is 2.93. The first-order valence-corrected chi connectivity index (χ1v) is 7.93. The van der Waals surface area contributed by atoms with Crippen molar-refractivity contribution in [3.8, 4) is 0 Å². The number of amides is 1. The second-order valence-corrected chi connectivity index (χ2v) is 6.75. The Morgan fingerprint density at radius 2 is 2.00 bits per heavy atom. The van der Waals surface area contributed by atoms with Crippen LogP contribution in [0.3, 0.4) is 0 Å². The smallest absolute Gasteiger partial charge is 0.248 e. The first-order chi connectivity index (χ1) is 9.46. The van der Waals surface area contributed by atoms with Crippen molar-refractivity contribution in [3.05, 3.63) is 29.8 Å². The number of rotatable bonds is 5. The van der Waals surface area contributed by atoms with Crippen LogP contribution in [-0.2, 0) is 10.0 Å². The minimum Gasteiger partial charge on any atom is -0.380 e. The van der Waals surface area contributed by atoms with Crippen molar-refractivity contribution in [1.29, 1.82) is 0 Å². The molecule has 0 aromatic heterocycles. The molecule has 20 heavy (non-hydrogen) atoms. The highest BCUT2D eigenvalue weighted by molar-refractivity contribution is 7.89. The fourth-order valence-corrected chi connectivity index (χ4v) is 4.08. The van der Waals surface area contributed by atoms with Crippen LogP contribution in [0.5, 0.6) is 0 Å². The number of hydrogen-bond donors (Lipinski definition) is 2. The zero-order valence-electron chi connectivity index (χ0n) is 11.0. The molecule has 1 fully saturated rings. The third-order valence-corrected chi connectivity index (χ3v) is 5.48. The van der Waals surface area contributed by atoms with Crippen LogP contribution in [0.25, 0.3) is 0 Å². The Morgan fingerprint density at radius 1 is 1.35 bits per heavy atom. The van der Waals surface area contributed by atoms with Gasteiger partial charge in [0.1, 0.15) is 6.73 Å². The Labute approximate surface area is 118 Å². The van der Waals surface area contributed by atoms with E-state index in [-0.39, 0.29) is 16.5 Å². The fourth-order valence-electron chi connectivity index (χ4n) is 2.53. The Morgan fingerprint density at radius 3 is 2.55 bits per heavy atom. The van der Waals surface area contributed by atoms with Crippen molar-refractivity contribution >= 4 is 15.9 Å². The lowest BCUT2D eigenvalue weighted by Gasteiger charge is -2.25. The largest absolute Gasteiger partial charge is 0.380 e. The van der Waals surface area contributed by atoms with Crippen LogP contribution in [0, 0.1) is 0 Å². The number of hydrogen-bond acceptors (Lipinski definition) is 4. The normalized spacial score (nSPS) is 16.7. The van der Waals surface area contributed by atoms with Crippen molar-refractivity contribution in [3.63, 3.8) is 0 Å². The van der Waals surface area contributed by atoms with E-state index in [1.165, 1.54) is 24.3 Å². The Bertz CT molecular complexity index is 594. The predicted molar refractivity (Wildman–Crippen MR) is 73.3 cm³/mol. The lowest BCUT2D eigenvalue weighted by molar-refractivity contribution is 0.1000. The van der Waals surface area contributed by atoms with Gasteiger partial charge in [-0.1, -0.05) is 18.9 Å². The Balaban J connectivity index is 2.37. The first kappa shape index (κ1) is 15.0. The van der Waals surface area contributed by atoms with Gasteiger partial charge in [-0.15, -0.1) is 0 Å². The van der Waals surface area contributed by atoms with Crippen molar-refractivity contribution < 1.29 is 18.3 Å². The quantitative estimate of drug-likeness (QED) is 0.780. The van der Waals surface area contributed by atoms with Gasteiger partial charge >= 0.3 is 0 Å². The molecule has 1 aliphatic carbocycles. The summed E-state index contributed by atoms with van der Waals surface area (Å²) in [6.07, 6.45) is 3.40. The van der Waals surface area contributed by atoms with Gasteiger partial charge in [0.2, 0.25) is 15.9 Å². The maximum Gasteiger partial charge on any atom is 0.248 e. The Kier molecular flexibility index (Phi) is 4.42. The fraction of sp³-hybridized carbons (Fsp3) is 0.462. The molecular formula is C13H18N2O4S. The van der Waals surface area contributed by atoms with Crippen LogP contribution in [0.4, 0.5) is 0 Å². The molecule has 1 aromatic carbocycles. The van der Waals surface area contributed by atoms with E-state index in [4.69, 9.17) is 5.73 Å². The number of nitrogens with two attached hydrogens (primary N) is 1. The van der Waals surface area contributed by atoms with E-state index in [0.717, 1.165) is 30.0 Å². The highest BCUT2D eigenvalue weighted by Crippen LogP contribution is 2.28. The zero-order chi connectivity index (χ0) is 14.8. The number of aliphatic hydroxyl groups is 1. The summed E-state index contributed by atoms with van der Waals surface area (Å²) >= 11 is 0. The molecule has 1 saturated carbocycles. The molecule has 0 radical (unpaired) electrons. The summed E-state index contributed by atoms with van der Waals surface area (Å²) in [7, 11) is -3.82. The van der Waals surface area contributed by atoms with E-state index in [0.29, 0.717) is 0 Å². The molecule has 3 N–H and O–H groups in total. The molecule has 0 saturated heterocycles. The highest BCUT2D eigenvalue weighted by atomic mass is 32.2. The third kappa shape index (κ3) is 2.84. The van der Waals surface area contributed by atoms with E-state index in [1.807, 2.05) is 0 Å². The number of benzene rings is 1. The molecule has 1 aromatic rings. The van der Waals surface area contributed by atoms with Gasteiger partial charge in [0, 0.05) is 11.6 Å². The summed E-state index contributed by atoms with van der Waals surface area (Å²) in [6.45, 7) is -0.562. The predicted octanol–water partition coefficient (Wildman–Crippen LogP) is 0.669. The second kappa shape index (κ2) is 5.90. The van der Waals surface area contributed by atoms with Gasteiger partial charge in [0.05, 0.1) is 4.90 Å².